The van der Waals surface area contributed by atoms with Crippen molar-refractivity contribution in [1.82, 2.24) is 0 Å². The summed E-state index contributed by atoms with van der Waals surface area (Å²) >= 11 is 0. The molecule has 1 unspecified atom stereocenters. The lowest BCUT2D eigenvalue weighted by Gasteiger charge is -2.49. The maximum Gasteiger partial charge on any atom is 0.187 e. The van der Waals surface area contributed by atoms with E-state index in [1.807, 2.05) is 182 Å². The quantitative estimate of drug-likeness (QED) is 0.0691. The number of aliphatic hydroxyl groups is 1. The van der Waals surface area contributed by atoms with E-state index in [-0.39, 0.29) is 39.6 Å². The van der Waals surface area contributed by atoms with Crippen LogP contribution in [0.4, 0.5) is 0 Å². The molecule has 0 spiro atoms. The van der Waals surface area contributed by atoms with Crippen molar-refractivity contribution in [3.63, 3.8) is 0 Å². The predicted octanol–water partition coefficient (Wildman–Crippen LogP) is 7.92. The van der Waals surface area contributed by atoms with Crippen LogP contribution < -0.4 is 5.73 Å². The van der Waals surface area contributed by atoms with Crippen LogP contribution in [0.15, 0.2) is 182 Å². The van der Waals surface area contributed by atoms with Crippen molar-refractivity contribution >= 4 is 0 Å². The summed E-state index contributed by atoms with van der Waals surface area (Å²) in [7, 11) is 0. The molecule has 2 aliphatic rings. The summed E-state index contributed by atoms with van der Waals surface area (Å²) < 4.78 is 60.3. The molecule has 0 aliphatic carbocycles. The molecule has 2 heterocycles. The molecule has 6 aromatic rings. The molecule has 65 heavy (non-hydrogen) atoms. The molecule has 340 valence electrons. The van der Waals surface area contributed by atoms with Crippen LogP contribution in [-0.4, -0.2) is 79.7 Å². The first-order chi connectivity index (χ1) is 32.1. The molecule has 8 rings (SSSR count). The minimum absolute atomic E-state index is 0.0406. The molecule has 0 aromatic heterocycles. The van der Waals surface area contributed by atoms with Crippen LogP contribution in [0, 0.1) is 0 Å². The number of aliphatic hydroxyl groups excluding tert-OH is 1. The summed E-state index contributed by atoms with van der Waals surface area (Å²) in [5, 5.41) is 12.2. The number of hydrogen-bond acceptors (Lipinski definition) is 11. The predicted molar refractivity (Wildman–Crippen MR) is 245 cm³/mol. The van der Waals surface area contributed by atoms with Gasteiger partial charge in [-0.1, -0.05) is 182 Å². The molecule has 2 aliphatic heterocycles. The lowest BCUT2D eigenvalue weighted by molar-refractivity contribution is -0.359. The lowest BCUT2D eigenvalue weighted by Crippen LogP contribution is -2.67. The molecule has 10 atom stereocenters. The SMILES string of the molecule is N[C@@H]1O[C@H](COCc2ccccc2)[C@H](OC2O[C@H](COCc3ccccc3)[C@H](O)[C@H](OCc3ccccc3)[C@H]2OCc2ccccc2)[C@H](OCc2ccccc2)[C@H]1OCc1ccccc1. The van der Waals surface area contributed by atoms with E-state index < -0.39 is 61.3 Å². The van der Waals surface area contributed by atoms with Gasteiger partial charge in [0.05, 0.1) is 52.9 Å². The fourth-order valence-corrected chi connectivity index (χ4v) is 8.08. The van der Waals surface area contributed by atoms with Crippen LogP contribution in [0.3, 0.4) is 0 Å². The maximum atomic E-state index is 12.2. The standard InChI is InChI=1S/C54H59NO10/c55-53-51(61-35-43-27-15-5-16-28-43)50(60-34-42-25-13-4-14-26-42)48(46(63-53)38-58-32-40-21-9-2-10-22-40)65-54-52(62-36-44-29-17-6-18-30-44)49(59-33-41-23-11-3-12-24-41)47(56)45(64-54)37-57-31-39-19-7-1-8-20-39/h1-30,45-54,56H,31-38,55H2/t45-,46-,47+,48+,49+,50+,51-,52-,53-,54?/m1/s1. The first kappa shape index (κ1) is 46.4. The summed E-state index contributed by atoms with van der Waals surface area (Å²) in [5.74, 6) is 0. The number of ether oxygens (including phenoxy) is 9. The molecule has 3 N–H and O–H groups in total. The molecule has 6 aromatic carbocycles. The van der Waals surface area contributed by atoms with E-state index in [1.54, 1.807) is 0 Å². The van der Waals surface area contributed by atoms with Crippen LogP contribution in [0.5, 0.6) is 0 Å². The Hall–Kier alpha value is -5.12. The normalized spacial score (nSPS) is 25.6. The minimum Gasteiger partial charge on any atom is -0.387 e. The number of rotatable bonds is 22. The summed E-state index contributed by atoms with van der Waals surface area (Å²) in [5.41, 5.74) is 12.7. The van der Waals surface area contributed by atoms with E-state index >= 15 is 0 Å². The van der Waals surface area contributed by atoms with Crippen LogP contribution in [0.25, 0.3) is 0 Å². The molecular formula is C54H59NO10. The second kappa shape index (κ2) is 24.4. The fraction of sp³-hybridized carbons (Fsp3) is 0.333. The third-order valence-corrected chi connectivity index (χ3v) is 11.5. The Morgan fingerprint density at radius 2 is 0.708 bits per heavy atom. The summed E-state index contributed by atoms with van der Waals surface area (Å²) in [6, 6.07) is 59.2. The van der Waals surface area contributed by atoms with Gasteiger partial charge in [-0.3, -0.25) is 0 Å². The zero-order valence-corrected chi connectivity index (χ0v) is 36.4. The van der Waals surface area contributed by atoms with Crippen LogP contribution in [-0.2, 0) is 82.3 Å². The van der Waals surface area contributed by atoms with Gasteiger partial charge in [0.1, 0.15) is 55.1 Å². The maximum absolute atomic E-state index is 12.2. The number of hydrogen-bond donors (Lipinski definition) is 2. The van der Waals surface area contributed by atoms with E-state index in [4.69, 9.17) is 48.4 Å². The van der Waals surface area contributed by atoms with Gasteiger partial charge in [-0.15, -0.1) is 0 Å². The highest BCUT2D eigenvalue weighted by Crippen LogP contribution is 2.35. The monoisotopic (exact) mass is 881 g/mol. The van der Waals surface area contributed by atoms with Gasteiger partial charge in [-0.25, -0.2) is 0 Å². The largest absolute Gasteiger partial charge is 0.387 e. The van der Waals surface area contributed by atoms with Gasteiger partial charge in [-0.05, 0) is 33.4 Å². The zero-order chi connectivity index (χ0) is 44.5. The molecule has 2 saturated heterocycles. The zero-order valence-electron chi connectivity index (χ0n) is 36.4. The molecule has 11 nitrogen and oxygen atoms in total. The van der Waals surface area contributed by atoms with E-state index in [9.17, 15) is 5.11 Å². The second-order valence-corrected chi connectivity index (χ2v) is 16.3. The van der Waals surface area contributed by atoms with E-state index in [0.717, 1.165) is 33.4 Å². The van der Waals surface area contributed by atoms with Crippen molar-refractivity contribution in [2.45, 2.75) is 101 Å². The van der Waals surface area contributed by atoms with Crippen molar-refractivity contribution in [1.29, 1.82) is 0 Å². The molecule has 0 radical (unpaired) electrons. The highest BCUT2D eigenvalue weighted by atomic mass is 16.7. The average molecular weight is 882 g/mol. The van der Waals surface area contributed by atoms with Gasteiger partial charge in [0.25, 0.3) is 0 Å². The van der Waals surface area contributed by atoms with Crippen LogP contribution >= 0.6 is 0 Å². The van der Waals surface area contributed by atoms with E-state index in [1.165, 1.54) is 0 Å². The first-order valence-electron chi connectivity index (χ1n) is 22.3. The molecule has 0 amide bonds. The highest BCUT2D eigenvalue weighted by molar-refractivity contribution is 5.18. The van der Waals surface area contributed by atoms with Crippen molar-refractivity contribution in [2.75, 3.05) is 13.2 Å². The Morgan fingerprint density at radius 3 is 1.12 bits per heavy atom. The Kier molecular flexibility index (Phi) is 17.4. The first-order valence-corrected chi connectivity index (χ1v) is 22.3. The van der Waals surface area contributed by atoms with Gasteiger partial charge in [0.2, 0.25) is 0 Å². The van der Waals surface area contributed by atoms with Crippen molar-refractivity contribution in [3.8, 4) is 0 Å². The third kappa shape index (κ3) is 13.5. The van der Waals surface area contributed by atoms with E-state index in [2.05, 4.69) is 0 Å². The fourth-order valence-electron chi connectivity index (χ4n) is 8.08. The van der Waals surface area contributed by atoms with Crippen molar-refractivity contribution in [3.05, 3.63) is 215 Å². The number of benzene rings is 6. The third-order valence-electron chi connectivity index (χ3n) is 11.5. The Morgan fingerprint density at radius 1 is 0.369 bits per heavy atom. The minimum atomic E-state index is -1.16. The van der Waals surface area contributed by atoms with Crippen LogP contribution in [0.1, 0.15) is 33.4 Å². The van der Waals surface area contributed by atoms with Gasteiger partial charge in [-0.2, -0.15) is 0 Å². The average Bonchev–Trinajstić information content (AvgIpc) is 3.35. The highest BCUT2D eigenvalue weighted by Gasteiger charge is 2.53. The molecule has 0 saturated carbocycles. The summed E-state index contributed by atoms with van der Waals surface area (Å²) in [6.45, 7) is 1.66. The lowest BCUT2D eigenvalue weighted by atomic mass is 9.95. The molecule has 11 heteroatoms. The smallest absolute Gasteiger partial charge is 0.187 e. The van der Waals surface area contributed by atoms with Gasteiger partial charge < -0.3 is 53.5 Å². The molecule has 2 fully saturated rings. The topological polar surface area (TPSA) is 129 Å². The van der Waals surface area contributed by atoms with Gasteiger partial charge >= 0.3 is 0 Å². The Labute approximate surface area is 381 Å². The van der Waals surface area contributed by atoms with Crippen molar-refractivity contribution < 1.29 is 47.7 Å². The summed E-state index contributed by atoms with van der Waals surface area (Å²) in [6.07, 6.45) is -9.19. The molecule has 0 bridgehead atoms. The van der Waals surface area contributed by atoms with E-state index in [0.29, 0.717) is 13.2 Å². The van der Waals surface area contributed by atoms with Crippen LogP contribution in [0.2, 0.25) is 0 Å². The Balaban J connectivity index is 1.14. The molecular weight excluding hydrogens is 823 g/mol. The van der Waals surface area contributed by atoms with Crippen molar-refractivity contribution in [2.24, 2.45) is 5.73 Å². The van der Waals surface area contributed by atoms with Gasteiger partial charge in [0.15, 0.2) is 6.29 Å². The number of nitrogens with two attached hydrogens (primary N) is 1. The second-order valence-electron chi connectivity index (χ2n) is 16.3. The van der Waals surface area contributed by atoms with Gasteiger partial charge in [0, 0.05) is 0 Å². The summed E-state index contributed by atoms with van der Waals surface area (Å²) in [4.78, 5) is 0. The Bertz CT molecular complexity index is 2210.